The van der Waals surface area contributed by atoms with Crippen LogP contribution in [0.4, 0.5) is 0 Å². The third kappa shape index (κ3) is 2.81. The highest BCUT2D eigenvalue weighted by atomic mass is 32.1. The first-order valence-electron chi connectivity index (χ1n) is 6.91. The molecule has 0 saturated heterocycles. The molecule has 0 saturated carbocycles. The summed E-state index contributed by atoms with van der Waals surface area (Å²) >= 11 is 1.71. The molecular formula is C17H16N2OS. The molecule has 0 aliphatic rings. The molecule has 3 rings (SSSR count). The molecular weight excluding hydrogens is 280 g/mol. The highest BCUT2D eigenvalue weighted by molar-refractivity contribution is 7.15. The van der Waals surface area contributed by atoms with Crippen molar-refractivity contribution in [1.29, 1.82) is 0 Å². The smallest absolute Gasteiger partial charge is 0.242 e. The van der Waals surface area contributed by atoms with Crippen LogP contribution in [0.1, 0.15) is 11.8 Å². The molecule has 0 amide bonds. The first-order chi connectivity index (χ1) is 10.3. The Hall–Kier alpha value is -2.20. The zero-order valence-electron chi connectivity index (χ0n) is 11.9. The van der Waals surface area contributed by atoms with E-state index in [4.69, 9.17) is 9.72 Å². The summed E-state index contributed by atoms with van der Waals surface area (Å²) in [7, 11) is 0. The molecule has 0 N–H and O–H groups in total. The van der Waals surface area contributed by atoms with E-state index in [2.05, 4.69) is 23.7 Å². The van der Waals surface area contributed by atoms with Gasteiger partial charge in [-0.15, -0.1) is 17.9 Å². The Balaban J connectivity index is 2.13. The summed E-state index contributed by atoms with van der Waals surface area (Å²) in [6, 6.07) is 12.0. The Morgan fingerprint density at radius 1 is 1.14 bits per heavy atom. The van der Waals surface area contributed by atoms with Crippen LogP contribution in [0.3, 0.4) is 0 Å². The van der Waals surface area contributed by atoms with Gasteiger partial charge in [0, 0.05) is 4.88 Å². The third-order valence-electron chi connectivity index (χ3n) is 3.06. The Morgan fingerprint density at radius 3 is 2.62 bits per heavy atom. The van der Waals surface area contributed by atoms with Gasteiger partial charge in [-0.05, 0) is 37.6 Å². The lowest BCUT2D eigenvalue weighted by Gasteiger charge is -2.08. The number of ether oxygens (including phenoxy) is 1. The molecule has 0 aliphatic carbocycles. The number of fused-ring (bicyclic) bond motifs is 1. The second-order valence-corrected chi connectivity index (χ2v) is 5.73. The van der Waals surface area contributed by atoms with E-state index in [1.807, 2.05) is 37.3 Å². The normalized spacial score (nSPS) is 10.7. The van der Waals surface area contributed by atoms with Gasteiger partial charge in [-0.2, -0.15) is 0 Å². The topological polar surface area (TPSA) is 35.0 Å². The first-order valence-corrected chi connectivity index (χ1v) is 7.73. The van der Waals surface area contributed by atoms with E-state index in [0.717, 1.165) is 28.0 Å². The molecule has 0 atom stereocenters. The van der Waals surface area contributed by atoms with Crippen molar-refractivity contribution in [3.63, 3.8) is 0 Å². The summed E-state index contributed by atoms with van der Waals surface area (Å²) in [6.07, 6.45) is 2.78. The maximum absolute atomic E-state index is 5.68. The minimum atomic E-state index is 0.574. The van der Waals surface area contributed by atoms with Crippen molar-refractivity contribution in [3.05, 3.63) is 53.9 Å². The van der Waals surface area contributed by atoms with Gasteiger partial charge < -0.3 is 4.74 Å². The van der Waals surface area contributed by atoms with Crippen LogP contribution in [0, 0.1) is 0 Å². The lowest BCUT2D eigenvalue weighted by Crippen LogP contribution is -1.99. The van der Waals surface area contributed by atoms with Crippen molar-refractivity contribution < 1.29 is 4.74 Å². The minimum Gasteiger partial charge on any atom is -0.476 e. The van der Waals surface area contributed by atoms with E-state index < -0.39 is 0 Å². The highest BCUT2D eigenvalue weighted by Gasteiger charge is 2.14. The molecule has 0 bridgehead atoms. The minimum absolute atomic E-state index is 0.574. The molecule has 21 heavy (non-hydrogen) atoms. The van der Waals surface area contributed by atoms with E-state index in [-0.39, 0.29) is 0 Å². The zero-order chi connectivity index (χ0) is 14.7. The molecule has 0 aliphatic heterocycles. The number of hydrogen-bond acceptors (Lipinski definition) is 4. The van der Waals surface area contributed by atoms with E-state index >= 15 is 0 Å². The summed E-state index contributed by atoms with van der Waals surface area (Å²) < 4.78 is 5.68. The lowest BCUT2D eigenvalue weighted by atomic mass is 10.2. The SMILES string of the molecule is C=CCc1ccc(-c2nc3ccccc3nc2OCC)s1. The number of rotatable bonds is 5. The number of nitrogens with zero attached hydrogens (tertiary/aromatic N) is 2. The standard InChI is InChI=1S/C17H16N2OS/c1-3-7-12-10-11-15(21-12)16-17(20-4-2)19-14-9-6-5-8-13(14)18-16/h3,5-6,8-11H,1,4,7H2,2H3. The zero-order valence-corrected chi connectivity index (χ0v) is 12.7. The van der Waals surface area contributed by atoms with Crippen molar-refractivity contribution in [1.82, 2.24) is 9.97 Å². The summed E-state index contributed by atoms with van der Waals surface area (Å²) in [5, 5.41) is 0. The predicted molar refractivity (Wildman–Crippen MR) is 87.9 cm³/mol. The molecule has 3 aromatic rings. The van der Waals surface area contributed by atoms with Gasteiger partial charge >= 0.3 is 0 Å². The molecule has 0 radical (unpaired) electrons. The Kier molecular flexibility index (Phi) is 3.97. The van der Waals surface area contributed by atoms with Crippen molar-refractivity contribution in [3.8, 4) is 16.5 Å². The average molecular weight is 296 g/mol. The summed E-state index contributed by atoms with van der Waals surface area (Å²) in [4.78, 5) is 11.7. The Labute approximate surface area is 127 Å². The lowest BCUT2D eigenvalue weighted by molar-refractivity contribution is 0.328. The first kappa shape index (κ1) is 13.8. The number of aromatic nitrogens is 2. The second-order valence-electron chi connectivity index (χ2n) is 4.56. The largest absolute Gasteiger partial charge is 0.476 e. The highest BCUT2D eigenvalue weighted by Crippen LogP contribution is 2.34. The van der Waals surface area contributed by atoms with Gasteiger partial charge in [-0.25, -0.2) is 9.97 Å². The van der Waals surface area contributed by atoms with Crippen LogP contribution in [0.5, 0.6) is 5.88 Å². The summed E-state index contributed by atoms with van der Waals surface area (Å²) in [6.45, 7) is 6.31. The van der Waals surface area contributed by atoms with E-state index in [9.17, 15) is 0 Å². The van der Waals surface area contributed by atoms with Crippen LogP contribution in [0.25, 0.3) is 21.6 Å². The molecule has 0 unspecified atom stereocenters. The summed E-state index contributed by atoms with van der Waals surface area (Å²) in [5.41, 5.74) is 2.55. The van der Waals surface area contributed by atoms with Crippen molar-refractivity contribution >= 4 is 22.4 Å². The van der Waals surface area contributed by atoms with Gasteiger partial charge in [0.15, 0.2) is 0 Å². The van der Waals surface area contributed by atoms with E-state index in [0.29, 0.717) is 12.5 Å². The van der Waals surface area contributed by atoms with Gasteiger partial charge in [0.25, 0.3) is 0 Å². The maximum atomic E-state index is 5.68. The fraction of sp³-hybridized carbons (Fsp3) is 0.176. The molecule has 2 heterocycles. The van der Waals surface area contributed by atoms with Crippen LogP contribution >= 0.6 is 11.3 Å². The molecule has 0 fully saturated rings. The Bertz CT molecular complexity index is 779. The van der Waals surface area contributed by atoms with Crippen LogP contribution < -0.4 is 4.74 Å². The average Bonchev–Trinajstić information content (AvgIpc) is 2.96. The van der Waals surface area contributed by atoms with Crippen molar-refractivity contribution in [2.45, 2.75) is 13.3 Å². The Morgan fingerprint density at radius 2 is 1.90 bits per heavy atom. The van der Waals surface area contributed by atoms with Crippen LogP contribution in [0.2, 0.25) is 0 Å². The van der Waals surface area contributed by atoms with Crippen molar-refractivity contribution in [2.24, 2.45) is 0 Å². The molecule has 2 aromatic heterocycles. The molecule has 3 nitrogen and oxygen atoms in total. The van der Waals surface area contributed by atoms with Gasteiger partial charge in [-0.1, -0.05) is 18.2 Å². The van der Waals surface area contributed by atoms with Crippen LogP contribution in [-0.4, -0.2) is 16.6 Å². The molecule has 1 aromatic carbocycles. The fourth-order valence-electron chi connectivity index (χ4n) is 2.14. The van der Waals surface area contributed by atoms with Crippen LogP contribution in [-0.2, 0) is 6.42 Å². The quantitative estimate of drug-likeness (QED) is 0.651. The fourth-order valence-corrected chi connectivity index (χ4v) is 3.12. The number of allylic oxidation sites excluding steroid dienone is 1. The molecule has 106 valence electrons. The number of benzene rings is 1. The number of para-hydroxylation sites is 2. The van der Waals surface area contributed by atoms with Gasteiger partial charge in [0.1, 0.15) is 5.69 Å². The third-order valence-corrected chi connectivity index (χ3v) is 4.17. The molecule has 0 spiro atoms. The van der Waals surface area contributed by atoms with Gasteiger partial charge in [-0.3, -0.25) is 0 Å². The van der Waals surface area contributed by atoms with E-state index in [1.165, 1.54) is 4.88 Å². The monoisotopic (exact) mass is 296 g/mol. The van der Waals surface area contributed by atoms with Crippen LogP contribution in [0.15, 0.2) is 49.1 Å². The molecule has 4 heteroatoms. The van der Waals surface area contributed by atoms with E-state index in [1.54, 1.807) is 11.3 Å². The maximum Gasteiger partial charge on any atom is 0.242 e. The number of thiophene rings is 1. The second kappa shape index (κ2) is 6.06. The van der Waals surface area contributed by atoms with Gasteiger partial charge in [0.05, 0.1) is 22.5 Å². The predicted octanol–water partition coefficient (Wildman–Crippen LogP) is 4.49. The van der Waals surface area contributed by atoms with Crippen molar-refractivity contribution in [2.75, 3.05) is 6.61 Å². The summed E-state index contributed by atoms with van der Waals surface area (Å²) in [5.74, 6) is 0.600. The number of hydrogen-bond donors (Lipinski definition) is 0. The van der Waals surface area contributed by atoms with Gasteiger partial charge in [0.2, 0.25) is 5.88 Å².